The van der Waals surface area contributed by atoms with E-state index in [4.69, 9.17) is 9.97 Å². The third kappa shape index (κ3) is 5.00. The second-order valence-electron chi connectivity index (χ2n) is 27.6. The van der Waals surface area contributed by atoms with Crippen LogP contribution in [0.2, 0.25) is 0 Å². The van der Waals surface area contributed by atoms with E-state index in [1.807, 2.05) is 0 Å². The van der Waals surface area contributed by atoms with Crippen molar-refractivity contribution in [3.8, 4) is 0 Å². The molecule has 6 aliphatic carbocycles. The van der Waals surface area contributed by atoms with Crippen molar-refractivity contribution in [2.45, 2.75) is 128 Å². The Labute approximate surface area is 444 Å². The van der Waals surface area contributed by atoms with Crippen LogP contribution in [0.4, 0.5) is 0 Å². The predicted octanol–water partition coefficient (Wildman–Crippen LogP) is 17.9. The maximum absolute atomic E-state index is 5.68. The summed E-state index contributed by atoms with van der Waals surface area (Å²) < 4.78 is 5.36. The topological polar surface area (TPSA) is 34.6 Å². The zero-order valence-electron chi connectivity index (χ0n) is 45.8. The predicted molar refractivity (Wildman–Crippen MR) is 316 cm³/mol. The highest BCUT2D eigenvalue weighted by Crippen LogP contribution is 2.62. The van der Waals surface area contributed by atoms with E-state index in [1.165, 1.54) is 165 Å². The quantitative estimate of drug-likeness (QED) is 0.152. The van der Waals surface area contributed by atoms with Crippen molar-refractivity contribution in [2.24, 2.45) is 0 Å². The zero-order chi connectivity index (χ0) is 51.8. The largest absolute Gasteiger partial charge is 0.306 e. The zero-order valence-corrected chi connectivity index (χ0v) is 45.8. The molecule has 0 spiro atoms. The lowest BCUT2D eigenvalue weighted by molar-refractivity contribution is 0.576. The van der Waals surface area contributed by atoms with Crippen LogP contribution in [0.1, 0.15) is 196 Å². The molecular weight excluding hydrogens is 921 g/mol. The van der Waals surface area contributed by atoms with Gasteiger partial charge in [-0.1, -0.05) is 192 Å². The summed E-state index contributed by atoms with van der Waals surface area (Å²) in [5.74, 6) is 0.386. The number of aromatic nitrogens is 4. The van der Waals surface area contributed by atoms with Gasteiger partial charge < -0.3 is 8.80 Å². The van der Waals surface area contributed by atoms with Crippen molar-refractivity contribution in [2.75, 3.05) is 0 Å². The van der Waals surface area contributed by atoms with Gasteiger partial charge in [0.25, 0.3) is 0 Å². The van der Waals surface area contributed by atoms with Gasteiger partial charge in [-0.25, -0.2) is 0 Å². The van der Waals surface area contributed by atoms with Crippen molar-refractivity contribution in [3.05, 3.63) is 223 Å². The van der Waals surface area contributed by atoms with Gasteiger partial charge >= 0.3 is 0 Å². The van der Waals surface area contributed by atoms with E-state index < -0.39 is 0 Å². The van der Waals surface area contributed by atoms with Crippen LogP contribution in [0.15, 0.2) is 134 Å². The molecule has 0 N–H and O–H groups in total. The van der Waals surface area contributed by atoms with Crippen LogP contribution in [-0.4, -0.2) is 18.8 Å². The Kier molecular flexibility index (Phi) is 7.76. The van der Waals surface area contributed by atoms with Crippen LogP contribution in [-0.2, 0) is 21.7 Å². The average Bonchev–Trinajstić information content (AvgIpc) is 3.90. The lowest BCUT2D eigenvalue weighted by Crippen LogP contribution is -2.28. The maximum atomic E-state index is 5.68. The molecule has 4 bridgehead atoms. The second kappa shape index (κ2) is 13.5. The van der Waals surface area contributed by atoms with Crippen molar-refractivity contribution in [3.63, 3.8) is 0 Å². The van der Waals surface area contributed by atoms with Crippen molar-refractivity contribution < 1.29 is 0 Å². The highest BCUT2D eigenvalue weighted by atomic mass is 15.0. The minimum atomic E-state index is -0.146. The smallest absolute Gasteiger partial charge is 0.0728 e. The minimum Gasteiger partial charge on any atom is -0.306 e. The SMILES string of the molecule is CC(C)(C)c1cc(C(C)(C)C)c2c3c4c(ncc3n3c5cc6c7c(C(C)(C)C)cc(C(C)(C)C)c8c9c%10c(ncc9n(c6cc5c1c23)c78)C1c2ccccc2C%10c2ccccc21)C1c2ccccc2C4c2ccccc21. The average molecular weight is 983 g/mol. The van der Waals surface area contributed by atoms with E-state index in [0.717, 1.165) is 0 Å². The number of hydrogen-bond donors (Lipinski definition) is 0. The Morgan fingerprint density at radius 1 is 0.316 bits per heavy atom. The Bertz CT molecular complexity index is 4410. The lowest BCUT2D eigenvalue weighted by Gasteiger charge is -2.41. The van der Waals surface area contributed by atoms with Gasteiger partial charge in [0.05, 0.1) is 68.7 Å². The highest BCUT2D eigenvalue weighted by molar-refractivity contribution is 6.32. The van der Waals surface area contributed by atoms with Crippen LogP contribution in [0.25, 0.3) is 76.2 Å². The molecule has 4 heteroatoms. The fourth-order valence-electron chi connectivity index (χ4n) is 16.3. The van der Waals surface area contributed by atoms with Gasteiger partial charge in [-0.05, 0) is 112 Å². The number of hydrogen-bond acceptors (Lipinski definition) is 2. The Hall–Kier alpha value is -7.56. The fourth-order valence-corrected chi connectivity index (χ4v) is 16.3. The highest BCUT2D eigenvalue weighted by Gasteiger charge is 2.47. The number of pyridine rings is 2. The van der Waals surface area contributed by atoms with Crippen LogP contribution in [0.3, 0.4) is 0 Å². The molecule has 6 heterocycles. The van der Waals surface area contributed by atoms with Crippen LogP contribution >= 0.6 is 0 Å². The van der Waals surface area contributed by atoms with Crippen LogP contribution in [0, 0.1) is 0 Å². The van der Waals surface area contributed by atoms with Gasteiger partial charge in [0.15, 0.2) is 0 Å². The number of benzene rings is 7. The van der Waals surface area contributed by atoms with E-state index >= 15 is 0 Å². The van der Waals surface area contributed by atoms with Gasteiger partial charge in [-0.3, -0.25) is 9.97 Å². The third-order valence-electron chi connectivity index (χ3n) is 19.2. The fraction of sp³-hybridized carbons (Fsp3) is 0.278. The summed E-state index contributed by atoms with van der Waals surface area (Å²) in [6.07, 6.45) is 4.53. The molecule has 0 amide bonds. The molecule has 4 nitrogen and oxygen atoms in total. The molecule has 370 valence electrons. The molecule has 0 aliphatic heterocycles. The molecule has 7 aromatic carbocycles. The lowest BCUT2D eigenvalue weighted by atomic mass is 9.62. The summed E-state index contributed by atoms with van der Waals surface area (Å²) in [6.45, 7) is 29.1. The summed E-state index contributed by atoms with van der Waals surface area (Å²) in [6, 6.07) is 47.4. The van der Waals surface area contributed by atoms with E-state index in [-0.39, 0.29) is 45.3 Å². The molecule has 19 rings (SSSR count). The molecule has 0 radical (unpaired) electrons. The van der Waals surface area contributed by atoms with E-state index in [0.29, 0.717) is 0 Å². The molecule has 0 fully saturated rings. The molecule has 13 aromatic rings. The van der Waals surface area contributed by atoms with Gasteiger partial charge in [0.2, 0.25) is 0 Å². The first-order valence-electron chi connectivity index (χ1n) is 28.0. The minimum absolute atomic E-state index is 0.0961. The summed E-state index contributed by atoms with van der Waals surface area (Å²) >= 11 is 0. The summed E-state index contributed by atoms with van der Waals surface area (Å²) in [7, 11) is 0. The van der Waals surface area contributed by atoms with Gasteiger partial charge in [0.1, 0.15) is 0 Å². The molecule has 0 atom stereocenters. The van der Waals surface area contributed by atoms with Crippen molar-refractivity contribution in [1.29, 1.82) is 0 Å². The number of fused-ring (bicyclic) bond motifs is 12. The van der Waals surface area contributed by atoms with Gasteiger partial charge in [-0.15, -0.1) is 0 Å². The molecule has 0 saturated carbocycles. The van der Waals surface area contributed by atoms with Crippen LogP contribution < -0.4 is 0 Å². The third-order valence-corrected chi connectivity index (χ3v) is 19.2. The summed E-state index contributed by atoms with van der Waals surface area (Å²) in [5.41, 5.74) is 29.3. The summed E-state index contributed by atoms with van der Waals surface area (Å²) in [4.78, 5) is 11.4. The summed E-state index contributed by atoms with van der Waals surface area (Å²) in [5, 5.41) is 10.9. The standard InChI is InChI=1S/C72H62N4/c1-69(2,3)45-31-47(71(7,8)9)59-61-51(33-73-65-55-39-25-17-13-21-35(39)53(63(61)65)36-22-14-18-26-40(36)55)75-49-30-44-50(29-43(49)57(45)67(59)75)76-52-34-74-66-56-41-27-19-15-23-37(41)54(38-24-16-20-28-42(38)56)64(66)62(52)60-48(72(10,11)12)32-46(70(4,5)6)58(44)68(60)76/h13-34,53-56H,1-12H3. The number of rotatable bonds is 0. The van der Waals surface area contributed by atoms with E-state index in [9.17, 15) is 0 Å². The first kappa shape index (κ1) is 43.7. The molecule has 0 saturated heterocycles. The van der Waals surface area contributed by atoms with Crippen LogP contribution in [0.5, 0.6) is 0 Å². The molecule has 0 unspecified atom stereocenters. The second-order valence-corrected chi connectivity index (χ2v) is 27.6. The maximum Gasteiger partial charge on any atom is 0.0728 e. The molecule has 6 aromatic heterocycles. The van der Waals surface area contributed by atoms with Gasteiger partial charge in [0, 0.05) is 54.9 Å². The Morgan fingerprint density at radius 3 is 0.882 bits per heavy atom. The molecular formula is C72H62N4. The van der Waals surface area contributed by atoms with Gasteiger partial charge in [-0.2, -0.15) is 0 Å². The normalized spacial score (nSPS) is 18.8. The molecule has 76 heavy (non-hydrogen) atoms. The van der Waals surface area contributed by atoms with E-state index in [1.54, 1.807) is 0 Å². The first-order chi connectivity index (χ1) is 36.3. The Morgan fingerprint density at radius 2 is 0.592 bits per heavy atom. The van der Waals surface area contributed by atoms with Crippen molar-refractivity contribution >= 4 is 76.2 Å². The van der Waals surface area contributed by atoms with Crippen molar-refractivity contribution in [1.82, 2.24) is 18.8 Å². The van der Waals surface area contributed by atoms with E-state index in [2.05, 4.69) is 226 Å². The molecule has 6 aliphatic rings. The monoisotopic (exact) mass is 982 g/mol. The Balaban J connectivity index is 1.07. The first-order valence-corrected chi connectivity index (χ1v) is 28.0. The number of nitrogens with zero attached hydrogens (tertiary/aromatic N) is 4.